The summed E-state index contributed by atoms with van der Waals surface area (Å²) < 4.78 is 0. The minimum absolute atomic E-state index is 0.592. The van der Waals surface area contributed by atoms with Crippen LogP contribution < -0.4 is 0 Å². The van der Waals surface area contributed by atoms with E-state index in [2.05, 4.69) is 9.97 Å². The lowest BCUT2D eigenvalue weighted by molar-refractivity contribution is 1.34. The van der Waals surface area contributed by atoms with Gasteiger partial charge in [0.05, 0.1) is 15.6 Å². The van der Waals surface area contributed by atoms with Crippen LogP contribution in [0.15, 0.2) is 36.4 Å². The van der Waals surface area contributed by atoms with E-state index in [0.717, 1.165) is 16.6 Å². The Labute approximate surface area is 119 Å². The Morgan fingerprint density at radius 2 is 1.78 bits per heavy atom. The molecular formula is C13H7Cl3N2. The van der Waals surface area contributed by atoms with E-state index < -0.39 is 0 Å². The summed E-state index contributed by atoms with van der Waals surface area (Å²) >= 11 is 18.2. The van der Waals surface area contributed by atoms with Gasteiger partial charge in [0, 0.05) is 10.6 Å². The first-order valence-corrected chi connectivity index (χ1v) is 6.38. The van der Waals surface area contributed by atoms with E-state index in [1.165, 1.54) is 0 Å². The summed E-state index contributed by atoms with van der Waals surface area (Å²) in [5, 5.41) is 1.81. The van der Waals surface area contributed by atoms with Gasteiger partial charge in [-0.1, -0.05) is 40.9 Å². The molecule has 3 rings (SSSR count). The predicted molar refractivity (Wildman–Crippen MR) is 76.6 cm³/mol. The maximum Gasteiger partial charge on any atom is 0.140 e. The Bertz CT molecular complexity index is 734. The van der Waals surface area contributed by atoms with Gasteiger partial charge in [-0.15, -0.1) is 0 Å². The summed E-state index contributed by atoms with van der Waals surface area (Å²) in [5.74, 6) is 0.658. The number of halogens is 3. The molecule has 0 aliphatic carbocycles. The zero-order valence-electron chi connectivity index (χ0n) is 9.05. The molecule has 1 aromatic heterocycles. The minimum atomic E-state index is 0.592. The molecule has 2 aromatic carbocycles. The summed E-state index contributed by atoms with van der Waals surface area (Å²) in [4.78, 5) is 7.64. The maximum absolute atomic E-state index is 6.15. The molecule has 90 valence electrons. The number of hydrogen-bond acceptors (Lipinski definition) is 1. The average Bonchev–Trinajstić information content (AvgIpc) is 2.77. The second-order valence-electron chi connectivity index (χ2n) is 3.85. The van der Waals surface area contributed by atoms with Crippen molar-refractivity contribution in [3.05, 3.63) is 51.5 Å². The molecule has 18 heavy (non-hydrogen) atoms. The Morgan fingerprint density at radius 1 is 0.944 bits per heavy atom. The molecule has 0 spiro atoms. The maximum atomic E-state index is 6.15. The highest BCUT2D eigenvalue weighted by Gasteiger charge is 2.11. The molecule has 0 aliphatic heterocycles. The number of benzene rings is 2. The molecule has 1 heterocycles. The fourth-order valence-electron chi connectivity index (χ4n) is 1.80. The molecule has 0 saturated heterocycles. The molecule has 0 radical (unpaired) electrons. The third kappa shape index (κ3) is 1.97. The van der Waals surface area contributed by atoms with Crippen molar-refractivity contribution in [2.45, 2.75) is 0 Å². The topological polar surface area (TPSA) is 28.7 Å². The van der Waals surface area contributed by atoms with Crippen molar-refractivity contribution >= 4 is 45.8 Å². The normalized spacial score (nSPS) is 11.1. The Morgan fingerprint density at radius 3 is 2.56 bits per heavy atom. The van der Waals surface area contributed by atoms with Crippen LogP contribution in [0.5, 0.6) is 0 Å². The standard InChI is InChI=1S/C13H7Cl3N2/c14-7-4-5-9(15)8(6-7)13-17-11-3-1-2-10(16)12(11)18-13/h1-6H,(H,17,18). The number of fused-ring (bicyclic) bond motifs is 1. The molecule has 0 fully saturated rings. The molecule has 3 aromatic rings. The van der Waals surface area contributed by atoms with Gasteiger partial charge in [-0.05, 0) is 30.3 Å². The fraction of sp³-hybridized carbons (Fsp3) is 0. The van der Waals surface area contributed by atoms with Gasteiger partial charge in [-0.2, -0.15) is 0 Å². The molecule has 0 aliphatic rings. The van der Waals surface area contributed by atoms with E-state index in [0.29, 0.717) is 20.9 Å². The van der Waals surface area contributed by atoms with Crippen molar-refractivity contribution in [3.8, 4) is 11.4 Å². The van der Waals surface area contributed by atoms with Gasteiger partial charge in [0.15, 0.2) is 0 Å². The van der Waals surface area contributed by atoms with Crippen molar-refractivity contribution in [3.63, 3.8) is 0 Å². The minimum Gasteiger partial charge on any atom is -0.338 e. The molecule has 0 atom stereocenters. The molecular weight excluding hydrogens is 291 g/mol. The SMILES string of the molecule is Clc1ccc(Cl)c(-c2nc3c(Cl)cccc3[nH]2)c1. The van der Waals surface area contributed by atoms with Crippen LogP contribution in [0.25, 0.3) is 22.4 Å². The number of aromatic nitrogens is 2. The summed E-state index contributed by atoms with van der Waals surface area (Å²) in [7, 11) is 0. The van der Waals surface area contributed by atoms with Crippen LogP contribution in [-0.4, -0.2) is 9.97 Å². The first kappa shape index (κ1) is 11.8. The van der Waals surface area contributed by atoms with Crippen LogP contribution in [0, 0.1) is 0 Å². The lowest BCUT2D eigenvalue weighted by atomic mass is 10.2. The number of nitrogens with one attached hydrogen (secondary N) is 1. The second kappa shape index (κ2) is 4.47. The van der Waals surface area contributed by atoms with Gasteiger partial charge in [-0.3, -0.25) is 0 Å². The number of para-hydroxylation sites is 1. The van der Waals surface area contributed by atoms with E-state index in [1.54, 1.807) is 24.3 Å². The van der Waals surface area contributed by atoms with Crippen LogP contribution in [0.3, 0.4) is 0 Å². The molecule has 1 N–H and O–H groups in total. The summed E-state index contributed by atoms with van der Waals surface area (Å²) in [6.45, 7) is 0. The Kier molecular flexibility index (Phi) is 2.94. The van der Waals surface area contributed by atoms with Gasteiger partial charge in [-0.25, -0.2) is 4.98 Å². The lowest BCUT2D eigenvalue weighted by Gasteiger charge is -2.00. The van der Waals surface area contributed by atoms with Crippen LogP contribution in [0.2, 0.25) is 15.1 Å². The predicted octanol–water partition coefficient (Wildman–Crippen LogP) is 5.19. The lowest BCUT2D eigenvalue weighted by Crippen LogP contribution is -1.82. The Hall–Kier alpha value is -1.22. The smallest absolute Gasteiger partial charge is 0.140 e. The van der Waals surface area contributed by atoms with Gasteiger partial charge < -0.3 is 4.98 Å². The molecule has 5 heteroatoms. The quantitative estimate of drug-likeness (QED) is 0.658. The number of aromatic amines is 1. The summed E-state index contributed by atoms with van der Waals surface area (Å²) in [6, 6.07) is 10.8. The molecule has 0 amide bonds. The molecule has 0 saturated carbocycles. The zero-order valence-corrected chi connectivity index (χ0v) is 11.3. The van der Waals surface area contributed by atoms with Crippen LogP contribution in [0.4, 0.5) is 0 Å². The van der Waals surface area contributed by atoms with E-state index >= 15 is 0 Å². The second-order valence-corrected chi connectivity index (χ2v) is 5.10. The van der Waals surface area contributed by atoms with Crippen LogP contribution in [0.1, 0.15) is 0 Å². The van der Waals surface area contributed by atoms with Crippen molar-refractivity contribution in [1.29, 1.82) is 0 Å². The highest BCUT2D eigenvalue weighted by Crippen LogP contribution is 2.31. The van der Waals surface area contributed by atoms with Gasteiger partial charge in [0.25, 0.3) is 0 Å². The van der Waals surface area contributed by atoms with Crippen molar-refractivity contribution in [1.82, 2.24) is 9.97 Å². The summed E-state index contributed by atoms with van der Waals surface area (Å²) in [5.41, 5.74) is 2.36. The number of rotatable bonds is 1. The summed E-state index contributed by atoms with van der Waals surface area (Å²) in [6.07, 6.45) is 0. The number of H-pyrrole nitrogens is 1. The highest BCUT2D eigenvalue weighted by atomic mass is 35.5. The third-order valence-corrected chi connectivity index (χ3v) is 3.52. The van der Waals surface area contributed by atoms with Gasteiger partial charge in [0.1, 0.15) is 11.3 Å². The highest BCUT2D eigenvalue weighted by molar-refractivity contribution is 6.36. The van der Waals surface area contributed by atoms with Crippen molar-refractivity contribution in [2.24, 2.45) is 0 Å². The van der Waals surface area contributed by atoms with E-state index in [1.807, 2.05) is 12.1 Å². The molecule has 0 bridgehead atoms. The van der Waals surface area contributed by atoms with E-state index in [9.17, 15) is 0 Å². The van der Waals surface area contributed by atoms with Gasteiger partial charge >= 0.3 is 0 Å². The van der Waals surface area contributed by atoms with E-state index in [4.69, 9.17) is 34.8 Å². The van der Waals surface area contributed by atoms with Crippen molar-refractivity contribution in [2.75, 3.05) is 0 Å². The first-order chi connectivity index (χ1) is 8.65. The van der Waals surface area contributed by atoms with Gasteiger partial charge in [0.2, 0.25) is 0 Å². The molecule has 2 nitrogen and oxygen atoms in total. The van der Waals surface area contributed by atoms with Crippen LogP contribution in [-0.2, 0) is 0 Å². The Balaban J connectivity index is 2.26. The van der Waals surface area contributed by atoms with E-state index in [-0.39, 0.29) is 0 Å². The third-order valence-electron chi connectivity index (χ3n) is 2.65. The zero-order chi connectivity index (χ0) is 12.7. The number of nitrogens with zero attached hydrogens (tertiary/aromatic N) is 1. The molecule has 0 unspecified atom stereocenters. The first-order valence-electron chi connectivity index (χ1n) is 5.25. The number of hydrogen-bond donors (Lipinski definition) is 1. The van der Waals surface area contributed by atoms with Crippen molar-refractivity contribution < 1.29 is 0 Å². The number of imidazole rings is 1. The monoisotopic (exact) mass is 296 g/mol. The average molecular weight is 298 g/mol. The fourth-order valence-corrected chi connectivity index (χ4v) is 2.40. The van der Waals surface area contributed by atoms with Crippen LogP contribution >= 0.6 is 34.8 Å². The largest absolute Gasteiger partial charge is 0.338 e.